The van der Waals surface area contributed by atoms with E-state index in [2.05, 4.69) is 48.5 Å². The highest BCUT2D eigenvalue weighted by molar-refractivity contribution is 5.46. The lowest BCUT2D eigenvalue weighted by Crippen LogP contribution is -2.30. The molecule has 0 atom stereocenters. The Morgan fingerprint density at radius 3 is 2.50 bits per heavy atom. The van der Waals surface area contributed by atoms with E-state index >= 15 is 0 Å². The molecule has 16 heavy (non-hydrogen) atoms. The van der Waals surface area contributed by atoms with Gasteiger partial charge < -0.3 is 10.2 Å². The molecule has 1 fully saturated rings. The van der Waals surface area contributed by atoms with E-state index in [1.807, 2.05) is 0 Å². The Hall–Kier alpha value is -1.02. The summed E-state index contributed by atoms with van der Waals surface area (Å²) >= 11 is 0. The lowest BCUT2D eigenvalue weighted by atomic mass is 10.1. The van der Waals surface area contributed by atoms with E-state index in [1.54, 1.807) is 0 Å². The predicted octanol–water partition coefficient (Wildman–Crippen LogP) is 2.44. The average molecular weight is 218 g/mol. The fourth-order valence-electron chi connectivity index (χ4n) is 1.84. The quantitative estimate of drug-likeness (QED) is 0.789. The molecule has 2 rings (SSSR count). The molecule has 0 radical (unpaired) electrons. The van der Waals surface area contributed by atoms with Crippen molar-refractivity contribution in [1.29, 1.82) is 0 Å². The second-order valence-corrected chi connectivity index (χ2v) is 4.67. The van der Waals surface area contributed by atoms with Crippen LogP contribution in [0, 0.1) is 0 Å². The average Bonchev–Trinajstić information content (AvgIpc) is 3.13. The van der Waals surface area contributed by atoms with Crippen LogP contribution in [-0.4, -0.2) is 26.2 Å². The first kappa shape index (κ1) is 11.5. The first-order valence-electron chi connectivity index (χ1n) is 6.33. The summed E-state index contributed by atoms with van der Waals surface area (Å²) in [6, 6.07) is 9.70. The van der Waals surface area contributed by atoms with Gasteiger partial charge in [-0.15, -0.1) is 0 Å². The van der Waals surface area contributed by atoms with Crippen molar-refractivity contribution < 1.29 is 0 Å². The minimum atomic E-state index is 0.816. The van der Waals surface area contributed by atoms with Crippen molar-refractivity contribution in [3.05, 3.63) is 29.8 Å². The molecule has 1 N–H and O–H groups in total. The Kier molecular flexibility index (Phi) is 3.83. The molecule has 1 aliphatic rings. The van der Waals surface area contributed by atoms with Crippen molar-refractivity contribution in [3.63, 3.8) is 0 Å². The highest BCUT2D eigenvalue weighted by Gasteiger charge is 2.19. The molecule has 0 saturated heterocycles. The molecule has 1 aliphatic carbocycles. The fourth-order valence-corrected chi connectivity index (χ4v) is 1.84. The maximum absolute atomic E-state index is 3.54. The molecule has 0 aliphatic heterocycles. The first-order chi connectivity index (χ1) is 7.79. The summed E-state index contributed by atoms with van der Waals surface area (Å²) in [6.45, 7) is 4.37. The zero-order valence-electron chi connectivity index (χ0n) is 10.4. The van der Waals surface area contributed by atoms with E-state index in [1.165, 1.54) is 24.1 Å². The number of rotatable bonds is 6. The Bertz CT molecular complexity index is 314. The van der Waals surface area contributed by atoms with E-state index in [0.717, 1.165) is 25.6 Å². The van der Waals surface area contributed by atoms with Crippen LogP contribution in [0.4, 0.5) is 5.69 Å². The monoisotopic (exact) mass is 218 g/mol. The van der Waals surface area contributed by atoms with Crippen molar-refractivity contribution >= 4 is 5.69 Å². The Morgan fingerprint density at radius 2 is 1.94 bits per heavy atom. The molecular weight excluding hydrogens is 196 g/mol. The van der Waals surface area contributed by atoms with Crippen molar-refractivity contribution in [2.75, 3.05) is 25.0 Å². The Labute approximate surface area is 98.7 Å². The molecular formula is C14H22N2. The normalized spacial score (nSPS) is 15.1. The molecule has 2 nitrogen and oxygen atoms in total. The van der Waals surface area contributed by atoms with Gasteiger partial charge in [0.15, 0.2) is 0 Å². The summed E-state index contributed by atoms with van der Waals surface area (Å²) < 4.78 is 0. The van der Waals surface area contributed by atoms with Gasteiger partial charge in [0.2, 0.25) is 0 Å². The summed E-state index contributed by atoms with van der Waals surface area (Å²) in [5.74, 6) is 0. The van der Waals surface area contributed by atoms with Gasteiger partial charge in [-0.1, -0.05) is 19.1 Å². The van der Waals surface area contributed by atoms with Crippen molar-refractivity contribution in [1.82, 2.24) is 5.32 Å². The lowest BCUT2D eigenvalue weighted by molar-refractivity contribution is 0.675. The molecule has 0 amide bonds. The van der Waals surface area contributed by atoms with Gasteiger partial charge in [0.1, 0.15) is 0 Å². The van der Waals surface area contributed by atoms with Crippen LogP contribution in [0.1, 0.15) is 25.3 Å². The van der Waals surface area contributed by atoms with Crippen LogP contribution in [0.25, 0.3) is 0 Å². The molecule has 0 heterocycles. The van der Waals surface area contributed by atoms with Crippen molar-refractivity contribution in [3.8, 4) is 0 Å². The van der Waals surface area contributed by atoms with E-state index in [9.17, 15) is 0 Å². The smallest absolute Gasteiger partial charge is 0.0364 e. The minimum absolute atomic E-state index is 0.816. The van der Waals surface area contributed by atoms with Gasteiger partial charge >= 0.3 is 0 Å². The van der Waals surface area contributed by atoms with Gasteiger partial charge in [0.25, 0.3) is 0 Å². The summed E-state index contributed by atoms with van der Waals surface area (Å²) in [7, 11) is 2.16. The van der Waals surface area contributed by atoms with E-state index in [0.29, 0.717) is 0 Å². The summed E-state index contributed by atoms with van der Waals surface area (Å²) in [5.41, 5.74) is 2.73. The Balaban J connectivity index is 1.79. The minimum Gasteiger partial charge on any atom is -0.373 e. The number of nitrogens with one attached hydrogen (secondary N) is 1. The predicted molar refractivity (Wildman–Crippen MR) is 70.1 cm³/mol. The molecule has 0 aromatic heterocycles. The number of nitrogens with zero attached hydrogens (tertiary/aromatic N) is 1. The van der Waals surface area contributed by atoms with Gasteiger partial charge in [-0.3, -0.25) is 0 Å². The standard InChI is InChI=1S/C14H22N2/c1-3-12-4-8-14(9-5-12)16(2)11-10-15-13-6-7-13/h4-5,8-9,13,15H,3,6-7,10-11H2,1-2H3. The van der Waals surface area contributed by atoms with Crippen LogP contribution in [0.3, 0.4) is 0 Å². The largest absolute Gasteiger partial charge is 0.373 e. The number of likely N-dealkylation sites (N-methyl/N-ethyl adjacent to an activating group) is 1. The molecule has 1 aromatic rings. The summed E-state index contributed by atoms with van der Waals surface area (Å²) in [6.07, 6.45) is 3.86. The molecule has 0 spiro atoms. The highest BCUT2D eigenvalue weighted by Crippen LogP contribution is 2.18. The van der Waals surface area contributed by atoms with E-state index < -0.39 is 0 Å². The number of benzene rings is 1. The molecule has 88 valence electrons. The van der Waals surface area contributed by atoms with Gasteiger partial charge in [0, 0.05) is 31.9 Å². The molecule has 1 aromatic carbocycles. The van der Waals surface area contributed by atoms with E-state index in [-0.39, 0.29) is 0 Å². The van der Waals surface area contributed by atoms with Gasteiger partial charge in [-0.25, -0.2) is 0 Å². The SMILES string of the molecule is CCc1ccc(N(C)CCNC2CC2)cc1. The number of hydrogen-bond acceptors (Lipinski definition) is 2. The van der Waals surface area contributed by atoms with Crippen LogP contribution in [-0.2, 0) is 6.42 Å². The fraction of sp³-hybridized carbons (Fsp3) is 0.571. The van der Waals surface area contributed by atoms with Gasteiger partial charge in [-0.05, 0) is 37.0 Å². The second kappa shape index (κ2) is 5.35. The first-order valence-corrected chi connectivity index (χ1v) is 6.33. The second-order valence-electron chi connectivity index (χ2n) is 4.67. The van der Waals surface area contributed by atoms with Crippen LogP contribution >= 0.6 is 0 Å². The maximum atomic E-state index is 3.54. The zero-order chi connectivity index (χ0) is 11.4. The number of aryl methyl sites for hydroxylation is 1. The number of anilines is 1. The molecule has 2 heteroatoms. The summed E-state index contributed by atoms with van der Waals surface area (Å²) in [4.78, 5) is 2.31. The topological polar surface area (TPSA) is 15.3 Å². The number of hydrogen-bond donors (Lipinski definition) is 1. The van der Waals surface area contributed by atoms with E-state index in [4.69, 9.17) is 0 Å². The van der Waals surface area contributed by atoms with Crippen LogP contribution in [0.5, 0.6) is 0 Å². The molecule has 0 bridgehead atoms. The van der Waals surface area contributed by atoms with Crippen LogP contribution in [0.15, 0.2) is 24.3 Å². The maximum Gasteiger partial charge on any atom is 0.0364 e. The van der Waals surface area contributed by atoms with Crippen molar-refractivity contribution in [2.45, 2.75) is 32.2 Å². The third kappa shape index (κ3) is 3.24. The van der Waals surface area contributed by atoms with Crippen LogP contribution in [0.2, 0.25) is 0 Å². The van der Waals surface area contributed by atoms with Gasteiger partial charge in [-0.2, -0.15) is 0 Å². The highest BCUT2D eigenvalue weighted by atomic mass is 15.1. The van der Waals surface area contributed by atoms with Gasteiger partial charge in [0.05, 0.1) is 0 Å². The third-order valence-electron chi connectivity index (χ3n) is 3.24. The molecule has 0 unspecified atom stereocenters. The zero-order valence-corrected chi connectivity index (χ0v) is 10.4. The molecule has 1 saturated carbocycles. The third-order valence-corrected chi connectivity index (χ3v) is 3.24. The van der Waals surface area contributed by atoms with Crippen molar-refractivity contribution in [2.24, 2.45) is 0 Å². The summed E-state index contributed by atoms with van der Waals surface area (Å²) in [5, 5.41) is 3.54. The lowest BCUT2D eigenvalue weighted by Gasteiger charge is -2.19. The van der Waals surface area contributed by atoms with Crippen LogP contribution < -0.4 is 10.2 Å². The Morgan fingerprint density at radius 1 is 1.25 bits per heavy atom.